The smallest absolute Gasteiger partial charge is 0.154 e. The lowest BCUT2D eigenvalue weighted by Crippen LogP contribution is -2.43. The van der Waals surface area contributed by atoms with Gasteiger partial charge in [-0.15, -0.1) is 0 Å². The van der Waals surface area contributed by atoms with Crippen LogP contribution in [0.2, 0.25) is 0 Å². The predicted octanol–water partition coefficient (Wildman–Crippen LogP) is 1.98. The van der Waals surface area contributed by atoms with Gasteiger partial charge >= 0.3 is 0 Å². The highest BCUT2D eigenvalue weighted by Gasteiger charge is 2.53. The first-order valence-corrected chi connectivity index (χ1v) is 9.81. The molecule has 1 aliphatic heterocycles. The highest BCUT2D eigenvalue weighted by molar-refractivity contribution is 7.92. The van der Waals surface area contributed by atoms with Gasteiger partial charge in [-0.05, 0) is 62.2 Å². The van der Waals surface area contributed by atoms with Crippen LogP contribution in [0.1, 0.15) is 44.9 Å². The van der Waals surface area contributed by atoms with Crippen molar-refractivity contribution in [3.8, 4) is 0 Å². The van der Waals surface area contributed by atoms with E-state index in [4.69, 9.17) is 0 Å². The monoisotopic (exact) mass is 283 g/mol. The minimum atomic E-state index is -2.77. The standard InChI is InChI=1S/C15H25NO2S/c17-19(18)6-2-3-11(19)9-16-15-8-10-7-14(15)13-5-1-4-12(10)13/h10-16H,1-9H2. The van der Waals surface area contributed by atoms with Gasteiger partial charge in [0.25, 0.3) is 0 Å². The molecule has 0 radical (unpaired) electrons. The minimum Gasteiger partial charge on any atom is -0.312 e. The van der Waals surface area contributed by atoms with Gasteiger partial charge in [0.1, 0.15) is 0 Å². The molecule has 4 heteroatoms. The SMILES string of the molecule is O=S1(=O)CCCC1CNC1CC2CC1C1CCCC21. The van der Waals surface area contributed by atoms with Crippen LogP contribution in [-0.2, 0) is 9.84 Å². The zero-order valence-electron chi connectivity index (χ0n) is 11.6. The van der Waals surface area contributed by atoms with E-state index in [-0.39, 0.29) is 5.25 Å². The Hall–Kier alpha value is -0.0900. The molecule has 3 saturated carbocycles. The Bertz CT molecular complexity index is 461. The molecule has 1 N–H and O–H groups in total. The maximum Gasteiger partial charge on any atom is 0.154 e. The molecule has 0 aromatic carbocycles. The van der Waals surface area contributed by atoms with Crippen molar-refractivity contribution >= 4 is 9.84 Å². The zero-order chi connectivity index (χ0) is 13.0. The summed E-state index contributed by atoms with van der Waals surface area (Å²) in [5.74, 6) is 4.23. The fraction of sp³-hybridized carbons (Fsp3) is 1.00. The number of hydrogen-bond donors (Lipinski definition) is 1. The van der Waals surface area contributed by atoms with E-state index in [1.54, 1.807) is 0 Å². The topological polar surface area (TPSA) is 46.2 Å². The fourth-order valence-corrected chi connectivity index (χ4v) is 7.45. The third-order valence-electron chi connectivity index (χ3n) is 6.50. The summed E-state index contributed by atoms with van der Waals surface area (Å²) in [6.07, 6.45) is 8.83. The summed E-state index contributed by atoms with van der Waals surface area (Å²) >= 11 is 0. The van der Waals surface area contributed by atoms with Crippen LogP contribution in [0.25, 0.3) is 0 Å². The molecule has 6 atom stereocenters. The molecule has 2 bridgehead atoms. The Morgan fingerprint density at radius 2 is 1.79 bits per heavy atom. The molecule has 0 spiro atoms. The average molecular weight is 283 g/mol. The fourth-order valence-electron chi connectivity index (χ4n) is 5.67. The van der Waals surface area contributed by atoms with E-state index in [0.717, 1.165) is 36.5 Å². The molecule has 4 aliphatic rings. The van der Waals surface area contributed by atoms with Gasteiger partial charge in [-0.1, -0.05) is 6.42 Å². The Morgan fingerprint density at radius 3 is 2.58 bits per heavy atom. The molecule has 1 heterocycles. The number of fused-ring (bicyclic) bond motifs is 5. The minimum absolute atomic E-state index is 0.0917. The van der Waals surface area contributed by atoms with Gasteiger partial charge in [-0.25, -0.2) is 8.42 Å². The van der Waals surface area contributed by atoms with Gasteiger partial charge in [-0.3, -0.25) is 0 Å². The van der Waals surface area contributed by atoms with Crippen molar-refractivity contribution < 1.29 is 8.42 Å². The van der Waals surface area contributed by atoms with Gasteiger partial charge in [0.2, 0.25) is 0 Å². The largest absolute Gasteiger partial charge is 0.312 e. The molecule has 19 heavy (non-hydrogen) atoms. The van der Waals surface area contributed by atoms with Crippen LogP contribution < -0.4 is 5.32 Å². The first-order valence-electron chi connectivity index (χ1n) is 8.10. The molecule has 1 saturated heterocycles. The summed E-state index contributed by atoms with van der Waals surface area (Å²) in [5.41, 5.74) is 0. The van der Waals surface area contributed by atoms with Crippen LogP contribution in [0.4, 0.5) is 0 Å². The predicted molar refractivity (Wildman–Crippen MR) is 75.6 cm³/mol. The van der Waals surface area contributed by atoms with Crippen LogP contribution in [0.5, 0.6) is 0 Å². The van der Waals surface area contributed by atoms with Gasteiger partial charge in [0.15, 0.2) is 9.84 Å². The van der Waals surface area contributed by atoms with E-state index >= 15 is 0 Å². The second-order valence-corrected chi connectivity index (χ2v) is 9.70. The van der Waals surface area contributed by atoms with Crippen LogP contribution >= 0.6 is 0 Å². The molecule has 0 amide bonds. The molecular weight excluding hydrogens is 258 g/mol. The second kappa shape index (κ2) is 4.45. The van der Waals surface area contributed by atoms with E-state index in [0.29, 0.717) is 18.3 Å². The van der Waals surface area contributed by atoms with Crippen molar-refractivity contribution in [1.29, 1.82) is 0 Å². The first kappa shape index (κ1) is 12.6. The van der Waals surface area contributed by atoms with Crippen LogP contribution in [0, 0.1) is 23.7 Å². The quantitative estimate of drug-likeness (QED) is 0.861. The maximum absolute atomic E-state index is 11.9. The van der Waals surface area contributed by atoms with Crippen molar-refractivity contribution in [1.82, 2.24) is 5.32 Å². The number of sulfone groups is 1. The Labute approximate surface area is 116 Å². The summed E-state index contributed by atoms with van der Waals surface area (Å²) in [4.78, 5) is 0. The number of nitrogens with one attached hydrogen (secondary N) is 1. The maximum atomic E-state index is 11.9. The molecular formula is C15H25NO2S. The molecule has 108 valence electrons. The van der Waals surface area contributed by atoms with E-state index in [9.17, 15) is 8.42 Å². The number of hydrogen-bond acceptors (Lipinski definition) is 3. The van der Waals surface area contributed by atoms with Gasteiger partial charge in [-0.2, -0.15) is 0 Å². The summed E-state index contributed by atoms with van der Waals surface area (Å²) < 4.78 is 23.7. The highest BCUT2D eigenvalue weighted by Crippen LogP contribution is 2.58. The highest BCUT2D eigenvalue weighted by atomic mass is 32.2. The summed E-state index contributed by atoms with van der Waals surface area (Å²) in [6.45, 7) is 0.716. The Morgan fingerprint density at radius 1 is 0.947 bits per heavy atom. The van der Waals surface area contributed by atoms with Gasteiger partial charge < -0.3 is 5.32 Å². The molecule has 4 fully saturated rings. The molecule has 6 unspecified atom stereocenters. The van der Waals surface area contributed by atoms with E-state index < -0.39 is 9.84 Å². The number of rotatable bonds is 3. The average Bonchev–Trinajstić information content (AvgIpc) is 3.05. The normalized spacial score (nSPS) is 50.7. The summed E-state index contributed by atoms with van der Waals surface area (Å²) in [7, 11) is -2.77. The van der Waals surface area contributed by atoms with Crippen molar-refractivity contribution in [3.05, 3.63) is 0 Å². The lowest BCUT2D eigenvalue weighted by atomic mass is 9.79. The summed E-state index contributed by atoms with van der Waals surface area (Å²) in [5, 5.41) is 3.55. The van der Waals surface area contributed by atoms with Crippen LogP contribution in [0.15, 0.2) is 0 Å². The van der Waals surface area contributed by atoms with E-state index in [1.165, 1.54) is 32.1 Å². The molecule has 3 aliphatic carbocycles. The lowest BCUT2D eigenvalue weighted by molar-refractivity contribution is 0.209. The molecule has 0 aromatic rings. The van der Waals surface area contributed by atoms with Gasteiger partial charge in [0.05, 0.1) is 11.0 Å². The third kappa shape index (κ3) is 1.98. The lowest BCUT2D eigenvalue weighted by Gasteiger charge is -2.32. The first-order chi connectivity index (χ1) is 9.15. The molecule has 0 aromatic heterocycles. The van der Waals surface area contributed by atoms with Crippen molar-refractivity contribution in [3.63, 3.8) is 0 Å². The summed E-state index contributed by atoms with van der Waals surface area (Å²) in [6, 6.07) is 0.625. The third-order valence-corrected chi connectivity index (χ3v) is 8.78. The molecule has 3 nitrogen and oxygen atoms in total. The second-order valence-electron chi connectivity index (χ2n) is 7.30. The Balaban J connectivity index is 1.38. The van der Waals surface area contributed by atoms with Crippen molar-refractivity contribution in [2.45, 2.75) is 56.2 Å². The molecule has 4 rings (SSSR count). The van der Waals surface area contributed by atoms with Gasteiger partial charge in [0, 0.05) is 12.6 Å². The van der Waals surface area contributed by atoms with Crippen molar-refractivity contribution in [2.24, 2.45) is 23.7 Å². The van der Waals surface area contributed by atoms with Crippen LogP contribution in [0.3, 0.4) is 0 Å². The van der Waals surface area contributed by atoms with E-state index in [2.05, 4.69) is 5.32 Å². The van der Waals surface area contributed by atoms with Crippen LogP contribution in [-0.4, -0.2) is 32.0 Å². The van der Waals surface area contributed by atoms with Crippen molar-refractivity contribution in [2.75, 3.05) is 12.3 Å². The van der Waals surface area contributed by atoms with E-state index in [1.807, 2.05) is 0 Å². The Kier molecular flexibility index (Phi) is 2.96. The zero-order valence-corrected chi connectivity index (χ0v) is 12.4.